The minimum Gasteiger partial charge on any atom is -0.0683 e. The van der Waals surface area contributed by atoms with Crippen molar-refractivity contribution in [2.75, 3.05) is 0 Å². The molecule has 0 amide bonds. The van der Waals surface area contributed by atoms with Crippen molar-refractivity contribution in [2.24, 2.45) is 198 Å². The van der Waals surface area contributed by atoms with E-state index in [2.05, 4.69) is 277 Å². The van der Waals surface area contributed by atoms with Crippen molar-refractivity contribution in [3.63, 3.8) is 0 Å². The Balaban J connectivity index is -0.000000139. The molecule has 10 saturated carbocycles. The Labute approximate surface area is 788 Å². The van der Waals surface area contributed by atoms with Crippen molar-refractivity contribution >= 4 is 0 Å². The molecule has 0 radical (unpaired) electrons. The van der Waals surface area contributed by atoms with Gasteiger partial charge in [-0.05, 0) is 365 Å². The average Bonchev–Trinajstić information content (AvgIpc) is 1.72. The van der Waals surface area contributed by atoms with Crippen LogP contribution in [0.15, 0.2) is 0 Å². The van der Waals surface area contributed by atoms with Crippen LogP contribution in [-0.4, -0.2) is 0 Å². The predicted molar refractivity (Wildman–Crippen MR) is 582 cm³/mol. The third-order valence-electron chi connectivity index (χ3n) is 29.5. The van der Waals surface area contributed by atoms with Gasteiger partial charge in [-0.2, -0.15) is 0 Å². The average molecular weight is 1730 g/mol. The van der Waals surface area contributed by atoms with Crippen LogP contribution in [-0.2, 0) is 0 Å². The van der Waals surface area contributed by atoms with E-state index in [1.165, 1.54) is 180 Å². The van der Waals surface area contributed by atoms with Crippen LogP contribution in [0.3, 0.4) is 0 Å². The van der Waals surface area contributed by atoms with Gasteiger partial charge in [-0.15, -0.1) is 0 Å². The molecular formula is C122H264. The van der Waals surface area contributed by atoms with E-state index in [1.54, 1.807) is 0 Å². The van der Waals surface area contributed by atoms with Gasteiger partial charge in [0, 0.05) is 0 Å². The van der Waals surface area contributed by atoms with Crippen molar-refractivity contribution in [1.82, 2.24) is 0 Å². The first-order valence-corrected chi connectivity index (χ1v) is 56.9. The number of rotatable bonds is 30. The predicted octanol–water partition coefficient (Wildman–Crippen LogP) is 45.2. The van der Waals surface area contributed by atoms with Gasteiger partial charge in [-0.1, -0.05) is 428 Å². The zero-order valence-corrected chi connectivity index (χ0v) is 99.0. The van der Waals surface area contributed by atoms with Crippen LogP contribution in [0.25, 0.3) is 0 Å². The molecule has 0 aromatic carbocycles. The number of hydrogen-bond donors (Lipinski definition) is 0. The molecule has 0 nitrogen and oxygen atoms in total. The zero-order valence-electron chi connectivity index (χ0n) is 99.0. The van der Waals surface area contributed by atoms with Crippen molar-refractivity contribution in [3.8, 4) is 0 Å². The third kappa shape index (κ3) is 68.9. The van der Waals surface area contributed by atoms with Gasteiger partial charge in [-0.3, -0.25) is 0 Å². The first kappa shape index (κ1) is 142. The molecule has 0 aromatic rings. The first-order chi connectivity index (χ1) is 56.9. The standard InChI is InChI=1S/4C11H22.4C10H20.2C9H18.10C2H6/c1-9(2)7-11(5-6-11)8-10(3)4;2*1-9(2)5-6-11(7-8-11)10(3)4;1-8(2)10-5-6-11(7-10)9(3)4;2*1-7(2)5-9-6-10(9)8(3)4;2*1-8(2)7-10(5-6-10)9(3)4;1-7(2)9(5-6-9)8(3)4;1-6(2)8-5-9(8)7(3)4;10*1-2/h3*9-10H,5-8H2,1-4H3;8-11H,5-7H2,1-4H3;2*7-10H,5-6H2,1-4H3;2*8-9H,5-7H2,1-4H3;7-8H,5-6H2,1-4H3;6-9H,5H2,1-4H3;10*1-2H3. The summed E-state index contributed by atoms with van der Waals surface area (Å²) in [6, 6.07) is 0. The highest BCUT2D eigenvalue weighted by Gasteiger charge is 2.50. The van der Waals surface area contributed by atoms with Crippen molar-refractivity contribution in [1.29, 1.82) is 0 Å². The summed E-state index contributed by atoms with van der Waals surface area (Å²) in [6.45, 7) is 134. The molecule has 10 fully saturated rings. The lowest BCUT2D eigenvalue weighted by molar-refractivity contribution is 0.260. The maximum absolute atomic E-state index is 2.38. The maximum atomic E-state index is 2.38. The summed E-state index contributed by atoms with van der Waals surface area (Å²) in [7, 11) is 0. The van der Waals surface area contributed by atoms with E-state index in [1.807, 2.05) is 138 Å². The summed E-state index contributed by atoms with van der Waals surface area (Å²) in [6.07, 6.45) is 41.4. The largest absolute Gasteiger partial charge is 0.0683 e. The fraction of sp³-hybridized carbons (Fsp3) is 1.00. The van der Waals surface area contributed by atoms with Gasteiger partial charge in [-0.25, -0.2) is 0 Å². The normalized spacial score (nSPS) is 22.2. The van der Waals surface area contributed by atoms with Gasteiger partial charge in [0.1, 0.15) is 0 Å². The highest BCUT2D eigenvalue weighted by Crippen LogP contribution is 2.60. The van der Waals surface area contributed by atoms with Crippen LogP contribution < -0.4 is 0 Å². The van der Waals surface area contributed by atoms with E-state index in [0.717, 1.165) is 198 Å². The van der Waals surface area contributed by atoms with Gasteiger partial charge in [0.15, 0.2) is 0 Å². The van der Waals surface area contributed by atoms with Crippen LogP contribution in [0, 0.1) is 198 Å². The van der Waals surface area contributed by atoms with E-state index < -0.39 is 0 Å². The van der Waals surface area contributed by atoms with Crippen LogP contribution >= 0.6 is 0 Å². The second-order valence-electron chi connectivity index (χ2n) is 46.3. The quantitative estimate of drug-likeness (QED) is 0.0672. The molecule has 0 saturated heterocycles. The molecule has 0 aromatic heterocycles. The Bertz CT molecular complexity index is 1920. The lowest BCUT2D eigenvalue weighted by Gasteiger charge is -2.23. The molecule has 0 heteroatoms. The summed E-state index contributed by atoms with van der Waals surface area (Å²) in [5, 5.41) is 0. The van der Waals surface area contributed by atoms with Crippen LogP contribution in [0.2, 0.25) is 0 Å². The summed E-state index contributed by atoms with van der Waals surface area (Å²) in [5.41, 5.74) is 4.65. The summed E-state index contributed by atoms with van der Waals surface area (Å²) in [5.74, 6) is 26.7. The smallest absolute Gasteiger partial charge is 0.0251 e. The van der Waals surface area contributed by atoms with E-state index in [0.29, 0.717) is 0 Å². The van der Waals surface area contributed by atoms with E-state index >= 15 is 0 Å². The molecule has 8 atom stereocenters. The lowest BCUT2D eigenvalue weighted by atomic mass is 9.82. The van der Waals surface area contributed by atoms with Crippen LogP contribution in [0.5, 0.6) is 0 Å². The van der Waals surface area contributed by atoms with Crippen molar-refractivity contribution in [2.45, 2.75) is 595 Å². The summed E-state index contributed by atoms with van der Waals surface area (Å²) < 4.78 is 0. The first-order valence-electron chi connectivity index (χ1n) is 56.9. The van der Waals surface area contributed by atoms with Gasteiger partial charge < -0.3 is 0 Å². The molecule has 0 spiro atoms. The Hall–Kier alpha value is 0. The van der Waals surface area contributed by atoms with Gasteiger partial charge in [0.25, 0.3) is 0 Å². The molecule has 752 valence electrons. The van der Waals surface area contributed by atoms with Crippen molar-refractivity contribution < 1.29 is 0 Å². The molecular weight excluding hydrogens is 1470 g/mol. The molecule has 8 unspecified atom stereocenters. The fourth-order valence-electron chi connectivity index (χ4n) is 20.0. The molecule has 0 bridgehead atoms. The molecule has 122 heavy (non-hydrogen) atoms. The van der Waals surface area contributed by atoms with E-state index in [4.69, 9.17) is 0 Å². The van der Waals surface area contributed by atoms with Crippen LogP contribution in [0.4, 0.5) is 0 Å². The molecule has 0 heterocycles. The minimum absolute atomic E-state index is 0.750. The fourth-order valence-corrected chi connectivity index (χ4v) is 20.0. The zero-order chi connectivity index (χ0) is 99.0. The topological polar surface area (TPSA) is 0 Å². The highest BCUT2D eigenvalue weighted by atomic mass is 14.5. The molecule has 0 aliphatic heterocycles. The summed E-state index contributed by atoms with van der Waals surface area (Å²) >= 11 is 0. The summed E-state index contributed by atoms with van der Waals surface area (Å²) in [4.78, 5) is 0. The third-order valence-corrected chi connectivity index (χ3v) is 29.5. The van der Waals surface area contributed by atoms with Gasteiger partial charge in [0.2, 0.25) is 0 Å². The van der Waals surface area contributed by atoms with Crippen LogP contribution in [0.1, 0.15) is 595 Å². The molecule has 10 aliphatic carbocycles. The Morgan fingerprint density at radius 3 is 0.516 bits per heavy atom. The lowest BCUT2D eigenvalue weighted by Crippen LogP contribution is -2.16. The van der Waals surface area contributed by atoms with Gasteiger partial charge >= 0.3 is 0 Å². The Kier molecular flexibility index (Phi) is 92.8. The second kappa shape index (κ2) is 79.5. The molecule has 0 N–H and O–H groups in total. The van der Waals surface area contributed by atoms with E-state index in [9.17, 15) is 0 Å². The van der Waals surface area contributed by atoms with Crippen molar-refractivity contribution in [3.05, 3.63) is 0 Å². The maximum Gasteiger partial charge on any atom is -0.0251 e. The molecule has 10 rings (SSSR count). The Morgan fingerprint density at radius 2 is 0.418 bits per heavy atom. The van der Waals surface area contributed by atoms with E-state index in [-0.39, 0.29) is 0 Å². The second-order valence-corrected chi connectivity index (χ2v) is 46.3. The monoisotopic (exact) mass is 1730 g/mol. The minimum atomic E-state index is 0.750. The SMILES string of the molecule is CC.CC.CC.CC.CC.CC.CC.CC.CC.CC.CC(C)C1(C(C)C)CC1.CC(C)C1CC1C(C)C.CC(C)C1CCC(C(C)C)C1.CC(C)CC1(C(C)C)CC1.CC(C)CC1(C(C)C)CC1.CC(C)CC1(CC(C)C)CC1.CC(C)CC1CC1C(C)C.CC(C)CC1CC1C(C)C.CC(C)CCC1(C(C)C)CC1.CC(C)CCC1(C(C)C)CC1. The molecule has 10 aliphatic rings. The highest BCUT2D eigenvalue weighted by molar-refractivity contribution is 5.00. The number of hydrogen-bond acceptors (Lipinski definition) is 0. The Morgan fingerprint density at radius 1 is 0.197 bits per heavy atom. The van der Waals surface area contributed by atoms with Gasteiger partial charge in [0.05, 0.1) is 0 Å².